The Bertz CT molecular complexity index is 357. The number of aryl methyl sites for hydroxylation is 1. The third-order valence-electron chi connectivity index (χ3n) is 2.37. The zero-order valence-electron chi connectivity index (χ0n) is 8.00. The van der Waals surface area contributed by atoms with Crippen molar-refractivity contribution in [2.45, 2.75) is 13.1 Å². The van der Waals surface area contributed by atoms with Crippen LogP contribution in [0.5, 0.6) is 0 Å². The van der Waals surface area contributed by atoms with Gasteiger partial charge in [0.05, 0.1) is 10.3 Å². The van der Waals surface area contributed by atoms with E-state index < -0.39 is 0 Å². The summed E-state index contributed by atoms with van der Waals surface area (Å²) in [5.41, 5.74) is 1.22. The van der Waals surface area contributed by atoms with E-state index >= 15 is 0 Å². The fraction of sp³-hybridized carbons (Fsp3) is 0.444. The van der Waals surface area contributed by atoms with Gasteiger partial charge in [-0.1, -0.05) is 0 Å². The minimum absolute atomic E-state index is 0.0532. The number of carbonyl (C=O) groups is 1. The number of thiophene rings is 1. The summed E-state index contributed by atoms with van der Waals surface area (Å²) in [5, 5.41) is 3.18. The molecular formula is C9H11BrN2OS. The maximum Gasteiger partial charge on any atom is 0.237 e. The van der Waals surface area contributed by atoms with E-state index in [4.69, 9.17) is 0 Å². The molecule has 5 heteroatoms. The van der Waals surface area contributed by atoms with Gasteiger partial charge in [0, 0.05) is 11.9 Å². The Morgan fingerprint density at radius 2 is 2.43 bits per heavy atom. The second kappa shape index (κ2) is 3.64. The van der Waals surface area contributed by atoms with Gasteiger partial charge in [0.15, 0.2) is 0 Å². The smallest absolute Gasteiger partial charge is 0.237 e. The lowest BCUT2D eigenvalue weighted by Gasteiger charge is -2.17. The monoisotopic (exact) mass is 274 g/mol. The second-order valence-corrected chi connectivity index (χ2v) is 5.80. The Hall–Kier alpha value is -0.390. The molecule has 0 saturated carbocycles. The van der Waals surface area contributed by atoms with Crippen LogP contribution >= 0.6 is 27.3 Å². The number of amides is 1. The van der Waals surface area contributed by atoms with Crippen molar-refractivity contribution in [2.75, 3.05) is 13.6 Å². The van der Waals surface area contributed by atoms with E-state index in [0.717, 1.165) is 3.79 Å². The number of hydrogen-bond donors (Lipinski definition) is 1. The zero-order valence-corrected chi connectivity index (χ0v) is 10.4. The topological polar surface area (TPSA) is 32.3 Å². The highest BCUT2D eigenvalue weighted by molar-refractivity contribution is 9.11. The molecule has 0 aliphatic carbocycles. The SMILES string of the molecule is Cc1cc(C2NCC(=O)N2C)sc1Br. The Morgan fingerprint density at radius 3 is 2.86 bits per heavy atom. The van der Waals surface area contributed by atoms with Crippen molar-refractivity contribution in [1.82, 2.24) is 10.2 Å². The molecular weight excluding hydrogens is 264 g/mol. The summed E-state index contributed by atoms with van der Waals surface area (Å²) in [5.74, 6) is 0.150. The van der Waals surface area contributed by atoms with Crippen LogP contribution in [0.25, 0.3) is 0 Å². The second-order valence-electron chi connectivity index (χ2n) is 3.39. The van der Waals surface area contributed by atoms with Gasteiger partial charge in [-0.25, -0.2) is 0 Å². The van der Waals surface area contributed by atoms with E-state index in [-0.39, 0.29) is 12.1 Å². The van der Waals surface area contributed by atoms with Crippen molar-refractivity contribution in [3.05, 3.63) is 20.3 Å². The van der Waals surface area contributed by atoms with Crippen LogP contribution in [0.3, 0.4) is 0 Å². The van der Waals surface area contributed by atoms with E-state index in [1.807, 2.05) is 7.05 Å². The van der Waals surface area contributed by atoms with Gasteiger partial charge in [-0.05, 0) is 34.5 Å². The van der Waals surface area contributed by atoms with Gasteiger partial charge in [0.1, 0.15) is 6.17 Å². The summed E-state index contributed by atoms with van der Waals surface area (Å²) >= 11 is 5.16. The highest BCUT2D eigenvalue weighted by Crippen LogP contribution is 2.33. The first-order valence-electron chi connectivity index (χ1n) is 4.34. The van der Waals surface area contributed by atoms with Crippen LogP contribution in [-0.4, -0.2) is 24.4 Å². The van der Waals surface area contributed by atoms with Gasteiger partial charge in [-0.3, -0.25) is 10.1 Å². The molecule has 0 radical (unpaired) electrons. The molecule has 3 nitrogen and oxygen atoms in total. The molecule has 1 fully saturated rings. The van der Waals surface area contributed by atoms with E-state index in [2.05, 4.69) is 34.2 Å². The highest BCUT2D eigenvalue weighted by Gasteiger charge is 2.29. The Labute approximate surface area is 95.2 Å². The van der Waals surface area contributed by atoms with Crippen LogP contribution in [0, 0.1) is 6.92 Å². The molecule has 14 heavy (non-hydrogen) atoms. The lowest BCUT2D eigenvalue weighted by Crippen LogP contribution is -2.24. The molecule has 1 aliphatic rings. The fourth-order valence-corrected chi connectivity index (χ4v) is 3.19. The molecule has 1 amide bonds. The van der Waals surface area contributed by atoms with Crippen molar-refractivity contribution >= 4 is 33.2 Å². The quantitative estimate of drug-likeness (QED) is 0.848. The van der Waals surface area contributed by atoms with Crippen LogP contribution in [0.4, 0.5) is 0 Å². The normalized spacial score (nSPS) is 22.1. The van der Waals surface area contributed by atoms with Crippen LogP contribution in [-0.2, 0) is 4.79 Å². The van der Waals surface area contributed by atoms with Crippen LogP contribution in [0.1, 0.15) is 16.6 Å². The van der Waals surface area contributed by atoms with Crippen molar-refractivity contribution in [3.63, 3.8) is 0 Å². The lowest BCUT2D eigenvalue weighted by atomic mass is 10.3. The van der Waals surface area contributed by atoms with E-state index in [9.17, 15) is 4.79 Å². The molecule has 2 heterocycles. The minimum Gasteiger partial charge on any atom is -0.324 e. The number of halogens is 1. The van der Waals surface area contributed by atoms with E-state index in [0.29, 0.717) is 6.54 Å². The molecule has 76 valence electrons. The number of hydrogen-bond acceptors (Lipinski definition) is 3. The number of rotatable bonds is 1. The predicted octanol–water partition coefficient (Wildman–Crippen LogP) is 1.88. The molecule has 1 unspecified atom stereocenters. The molecule has 0 bridgehead atoms. The van der Waals surface area contributed by atoms with Gasteiger partial charge >= 0.3 is 0 Å². The molecule has 0 aromatic carbocycles. The molecule has 1 aromatic rings. The Morgan fingerprint density at radius 1 is 1.71 bits per heavy atom. The maximum absolute atomic E-state index is 11.3. The lowest BCUT2D eigenvalue weighted by molar-refractivity contribution is -0.126. The number of likely N-dealkylation sites (N-methyl/N-ethyl adjacent to an activating group) is 1. The van der Waals surface area contributed by atoms with E-state index in [1.165, 1.54) is 10.4 Å². The predicted molar refractivity (Wildman–Crippen MR) is 60.3 cm³/mol. The van der Waals surface area contributed by atoms with E-state index in [1.54, 1.807) is 16.2 Å². The molecule has 1 N–H and O–H groups in total. The number of carbonyl (C=O) groups excluding carboxylic acids is 1. The summed E-state index contributed by atoms with van der Waals surface area (Å²) in [6.07, 6.45) is 0.0532. The fourth-order valence-electron chi connectivity index (χ4n) is 1.50. The minimum atomic E-state index is 0.0532. The van der Waals surface area contributed by atoms with Crippen molar-refractivity contribution in [2.24, 2.45) is 0 Å². The van der Waals surface area contributed by atoms with Crippen molar-refractivity contribution in [3.8, 4) is 0 Å². The van der Waals surface area contributed by atoms with Gasteiger partial charge in [-0.15, -0.1) is 11.3 Å². The first-order chi connectivity index (χ1) is 6.59. The first-order valence-corrected chi connectivity index (χ1v) is 5.95. The summed E-state index contributed by atoms with van der Waals surface area (Å²) in [4.78, 5) is 14.2. The first kappa shape index (κ1) is 10.1. The average molecular weight is 275 g/mol. The highest BCUT2D eigenvalue weighted by atomic mass is 79.9. The van der Waals surface area contributed by atoms with Gasteiger partial charge < -0.3 is 4.90 Å². The molecule has 2 rings (SSSR count). The van der Waals surface area contributed by atoms with Crippen LogP contribution < -0.4 is 5.32 Å². The number of nitrogens with one attached hydrogen (secondary N) is 1. The van der Waals surface area contributed by atoms with Gasteiger partial charge in [-0.2, -0.15) is 0 Å². The molecule has 0 spiro atoms. The van der Waals surface area contributed by atoms with Gasteiger partial charge in [0.25, 0.3) is 0 Å². The summed E-state index contributed by atoms with van der Waals surface area (Å²) in [6.45, 7) is 2.50. The largest absolute Gasteiger partial charge is 0.324 e. The zero-order chi connectivity index (χ0) is 10.3. The Balaban J connectivity index is 2.28. The standard InChI is InChI=1S/C9H11BrN2OS/c1-5-3-6(14-8(5)10)9-11-4-7(13)12(9)2/h3,9,11H,4H2,1-2H3. The van der Waals surface area contributed by atoms with Gasteiger partial charge in [0.2, 0.25) is 5.91 Å². The molecule has 1 atom stereocenters. The average Bonchev–Trinajstić information content (AvgIpc) is 2.61. The third kappa shape index (κ3) is 1.60. The molecule has 1 saturated heterocycles. The maximum atomic E-state index is 11.3. The van der Waals surface area contributed by atoms with Crippen molar-refractivity contribution in [1.29, 1.82) is 0 Å². The Kier molecular flexibility index (Phi) is 2.64. The summed E-state index contributed by atoms with van der Waals surface area (Å²) in [7, 11) is 1.83. The molecule has 1 aliphatic heterocycles. The van der Waals surface area contributed by atoms with Crippen LogP contribution in [0.15, 0.2) is 9.85 Å². The summed E-state index contributed by atoms with van der Waals surface area (Å²) in [6, 6.07) is 2.11. The molecule has 1 aromatic heterocycles. The third-order valence-corrected chi connectivity index (χ3v) is 4.56. The summed E-state index contributed by atoms with van der Waals surface area (Å²) < 4.78 is 1.14. The van der Waals surface area contributed by atoms with Crippen molar-refractivity contribution < 1.29 is 4.79 Å². The van der Waals surface area contributed by atoms with Crippen LogP contribution in [0.2, 0.25) is 0 Å². The number of nitrogens with zero attached hydrogens (tertiary/aromatic N) is 1.